The average Bonchev–Trinajstić information content (AvgIpc) is 3.15. The molecule has 7 heteroatoms. The molecule has 0 saturated heterocycles. The Bertz CT molecular complexity index is 715. The quantitative estimate of drug-likeness (QED) is 0.642. The van der Waals surface area contributed by atoms with Crippen LogP contribution in [-0.2, 0) is 9.47 Å². The molecule has 0 aliphatic rings. The van der Waals surface area contributed by atoms with Crippen LogP contribution in [0.15, 0.2) is 34.9 Å². The van der Waals surface area contributed by atoms with E-state index in [2.05, 4.69) is 4.98 Å². The number of hydrogen-bond acceptors (Lipinski definition) is 6. The van der Waals surface area contributed by atoms with E-state index in [9.17, 15) is 9.90 Å². The molecule has 2 heterocycles. The van der Waals surface area contributed by atoms with Gasteiger partial charge in [0, 0.05) is 13.6 Å². The second-order valence-corrected chi connectivity index (χ2v) is 6.64. The third-order valence-corrected chi connectivity index (χ3v) is 3.91. The number of nitrogens with zero attached hydrogens (tertiary/aromatic N) is 2. The van der Waals surface area contributed by atoms with Gasteiger partial charge in [0.15, 0.2) is 5.76 Å². The maximum absolute atomic E-state index is 12.6. The SMILES string of the molecule is Cc1nc(-c2ccco2)ccc1C(=O)N(C)CC(O)COCCOC(C)C. The molecule has 0 radical (unpaired) electrons. The summed E-state index contributed by atoms with van der Waals surface area (Å²) >= 11 is 0. The van der Waals surface area contributed by atoms with Crippen molar-refractivity contribution >= 4 is 5.91 Å². The number of amides is 1. The van der Waals surface area contributed by atoms with Crippen molar-refractivity contribution in [3.05, 3.63) is 41.8 Å². The largest absolute Gasteiger partial charge is 0.463 e. The molecule has 2 aromatic rings. The number of hydrogen-bond donors (Lipinski definition) is 1. The summed E-state index contributed by atoms with van der Waals surface area (Å²) in [4.78, 5) is 18.5. The van der Waals surface area contributed by atoms with E-state index in [-0.39, 0.29) is 25.2 Å². The van der Waals surface area contributed by atoms with Crippen LogP contribution < -0.4 is 0 Å². The Hall–Kier alpha value is -2.22. The van der Waals surface area contributed by atoms with Crippen LogP contribution in [0.5, 0.6) is 0 Å². The number of aromatic nitrogens is 1. The van der Waals surface area contributed by atoms with Crippen LogP contribution in [0.25, 0.3) is 11.5 Å². The molecule has 1 atom stereocenters. The van der Waals surface area contributed by atoms with E-state index in [0.29, 0.717) is 35.9 Å². The van der Waals surface area contributed by atoms with Gasteiger partial charge in [0.1, 0.15) is 5.69 Å². The van der Waals surface area contributed by atoms with Crippen molar-refractivity contribution in [1.29, 1.82) is 0 Å². The minimum atomic E-state index is -0.770. The van der Waals surface area contributed by atoms with Crippen molar-refractivity contribution in [2.24, 2.45) is 0 Å². The molecule has 1 amide bonds. The van der Waals surface area contributed by atoms with Crippen LogP contribution >= 0.6 is 0 Å². The molecule has 7 nitrogen and oxygen atoms in total. The van der Waals surface area contributed by atoms with Crippen LogP contribution in [0.4, 0.5) is 0 Å². The summed E-state index contributed by atoms with van der Waals surface area (Å²) in [6, 6.07) is 7.09. The van der Waals surface area contributed by atoms with Gasteiger partial charge in [0.25, 0.3) is 5.91 Å². The molecular weight excluding hydrogens is 348 g/mol. The number of carbonyl (C=O) groups excluding carboxylic acids is 1. The van der Waals surface area contributed by atoms with Gasteiger partial charge >= 0.3 is 0 Å². The first kappa shape index (κ1) is 21.1. The molecule has 0 bridgehead atoms. The molecule has 0 saturated carbocycles. The van der Waals surface area contributed by atoms with Gasteiger partial charge in [-0.05, 0) is 45.0 Å². The fourth-order valence-corrected chi connectivity index (χ4v) is 2.57. The zero-order valence-corrected chi connectivity index (χ0v) is 16.3. The lowest BCUT2D eigenvalue weighted by molar-refractivity contribution is -0.0160. The summed E-state index contributed by atoms with van der Waals surface area (Å²) in [5.41, 5.74) is 1.78. The Morgan fingerprint density at radius 1 is 1.30 bits per heavy atom. The molecule has 1 unspecified atom stereocenters. The number of carbonyl (C=O) groups is 1. The van der Waals surface area contributed by atoms with E-state index in [1.54, 1.807) is 38.4 Å². The van der Waals surface area contributed by atoms with E-state index >= 15 is 0 Å². The first-order valence-electron chi connectivity index (χ1n) is 9.03. The second kappa shape index (κ2) is 10.2. The van der Waals surface area contributed by atoms with E-state index in [1.165, 1.54) is 4.90 Å². The van der Waals surface area contributed by atoms with Crippen LogP contribution in [0.3, 0.4) is 0 Å². The van der Waals surface area contributed by atoms with E-state index in [0.717, 1.165) is 0 Å². The number of ether oxygens (including phenoxy) is 2. The predicted molar refractivity (Wildman–Crippen MR) is 102 cm³/mol. The zero-order valence-electron chi connectivity index (χ0n) is 16.3. The number of aliphatic hydroxyl groups is 1. The summed E-state index contributed by atoms with van der Waals surface area (Å²) in [7, 11) is 1.65. The van der Waals surface area contributed by atoms with Gasteiger partial charge in [-0.1, -0.05) is 0 Å². The Morgan fingerprint density at radius 3 is 2.70 bits per heavy atom. The summed E-state index contributed by atoms with van der Waals surface area (Å²) in [5, 5.41) is 10.1. The summed E-state index contributed by atoms with van der Waals surface area (Å²) in [5.74, 6) is 0.452. The van der Waals surface area contributed by atoms with Crippen molar-refractivity contribution in [2.45, 2.75) is 33.0 Å². The first-order valence-corrected chi connectivity index (χ1v) is 9.03. The van der Waals surface area contributed by atoms with Gasteiger partial charge in [0.2, 0.25) is 0 Å². The maximum Gasteiger partial charge on any atom is 0.255 e. The van der Waals surface area contributed by atoms with Gasteiger partial charge in [-0.2, -0.15) is 0 Å². The molecule has 0 fully saturated rings. The number of likely N-dealkylation sites (N-methyl/N-ethyl adjacent to an activating group) is 1. The van der Waals surface area contributed by atoms with Crippen LogP contribution in [0.2, 0.25) is 0 Å². The van der Waals surface area contributed by atoms with Gasteiger partial charge < -0.3 is 23.9 Å². The minimum absolute atomic E-state index is 0.147. The smallest absolute Gasteiger partial charge is 0.255 e. The third kappa shape index (κ3) is 6.46. The van der Waals surface area contributed by atoms with Crippen LogP contribution in [-0.4, -0.2) is 66.5 Å². The summed E-state index contributed by atoms with van der Waals surface area (Å²) in [6.07, 6.45) is 0.962. The van der Waals surface area contributed by atoms with E-state index < -0.39 is 6.10 Å². The van der Waals surface area contributed by atoms with Crippen molar-refractivity contribution in [3.8, 4) is 11.5 Å². The first-order chi connectivity index (χ1) is 12.9. The standard InChI is InChI=1S/C20H28N2O5/c1-14(2)26-11-10-25-13-16(23)12-22(4)20(24)17-7-8-18(21-15(17)3)19-6-5-9-27-19/h5-9,14,16,23H,10-13H2,1-4H3. The Balaban J connectivity index is 1.85. The molecule has 2 rings (SSSR count). The Morgan fingerprint density at radius 2 is 2.07 bits per heavy atom. The molecule has 1 N–H and O–H groups in total. The molecule has 148 valence electrons. The maximum atomic E-state index is 12.6. The van der Waals surface area contributed by atoms with Gasteiger partial charge in [0.05, 0.1) is 49.5 Å². The highest BCUT2D eigenvalue weighted by molar-refractivity contribution is 5.95. The van der Waals surface area contributed by atoms with Gasteiger partial charge in [-0.25, -0.2) is 4.98 Å². The fourth-order valence-electron chi connectivity index (χ4n) is 2.57. The zero-order chi connectivity index (χ0) is 19.8. The molecule has 0 aliphatic carbocycles. The lowest BCUT2D eigenvalue weighted by Gasteiger charge is -2.21. The highest BCUT2D eigenvalue weighted by Crippen LogP contribution is 2.20. The van der Waals surface area contributed by atoms with Gasteiger partial charge in [-0.3, -0.25) is 4.79 Å². The topological polar surface area (TPSA) is 85.0 Å². The number of rotatable bonds is 10. The Labute approximate surface area is 159 Å². The summed E-state index contributed by atoms with van der Waals surface area (Å²) in [6.45, 7) is 6.88. The molecule has 27 heavy (non-hydrogen) atoms. The highest BCUT2D eigenvalue weighted by atomic mass is 16.5. The lowest BCUT2D eigenvalue weighted by Crippen LogP contribution is -2.37. The van der Waals surface area contributed by atoms with E-state index in [4.69, 9.17) is 13.9 Å². The molecular formula is C20H28N2O5. The van der Waals surface area contributed by atoms with Crippen LogP contribution in [0.1, 0.15) is 29.9 Å². The molecule has 2 aromatic heterocycles. The highest BCUT2D eigenvalue weighted by Gasteiger charge is 2.19. The second-order valence-electron chi connectivity index (χ2n) is 6.64. The van der Waals surface area contributed by atoms with E-state index in [1.807, 2.05) is 19.9 Å². The molecule has 0 aliphatic heterocycles. The minimum Gasteiger partial charge on any atom is -0.463 e. The van der Waals surface area contributed by atoms with Crippen LogP contribution in [0, 0.1) is 6.92 Å². The fraction of sp³-hybridized carbons (Fsp3) is 0.500. The van der Waals surface area contributed by atoms with Crippen molar-refractivity contribution in [3.63, 3.8) is 0 Å². The van der Waals surface area contributed by atoms with Crippen molar-refractivity contribution in [1.82, 2.24) is 9.88 Å². The van der Waals surface area contributed by atoms with Crippen molar-refractivity contribution in [2.75, 3.05) is 33.4 Å². The lowest BCUT2D eigenvalue weighted by atomic mass is 10.1. The van der Waals surface area contributed by atoms with Crippen molar-refractivity contribution < 1.29 is 23.8 Å². The molecule has 0 aromatic carbocycles. The number of aliphatic hydroxyl groups excluding tert-OH is 1. The van der Waals surface area contributed by atoms with Gasteiger partial charge in [-0.15, -0.1) is 0 Å². The predicted octanol–water partition coefficient (Wildman–Crippen LogP) is 2.52. The monoisotopic (exact) mass is 376 g/mol. The number of pyridine rings is 1. The average molecular weight is 376 g/mol. The Kier molecular flexibility index (Phi) is 7.97. The molecule has 0 spiro atoms. The summed E-state index contributed by atoms with van der Waals surface area (Å²) < 4.78 is 16.1. The third-order valence-electron chi connectivity index (χ3n) is 3.91. The number of furan rings is 1. The number of aryl methyl sites for hydroxylation is 1. The normalized spacial score (nSPS) is 12.4.